The smallest absolute Gasteiger partial charge is 0.353 e. The third kappa shape index (κ3) is 4.04. The Balaban J connectivity index is 1.48. The number of carbonyl (C=O) groups excluding carboxylic acids is 1. The number of aliphatic carboxylic acids is 1. The fourth-order valence-corrected chi connectivity index (χ4v) is 6.75. The SMILES string of the molecule is C[C@H]1C(SC2CCCN(Cc3cccc(C(=O)O)c3)C2)=C(C(=O)O)N2C(=O)[C@H]([C@@H](C)O)C12. The summed E-state index contributed by atoms with van der Waals surface area (Å²) in [4.78, 5) is 40.1. The molecule has 0 spiro atoms. The van der Waals surface area contributed by atoms with Gasteiger partial charge in [-0.25, -0.2) is 9.59 Å². The fourth-order valence-electron chi connectivity index (χ4n) is 5.17. The van der Waals surface area contributed by atoms with Gasteiger partial charge in [0.2, 0.25) is 5.91 Å². The number of hydrogen-bond acceptors (Lipinski definition) is 6. The summed E-state index contributed by atoms with van der Waals surface area (Å²) in [5, 5.41) is 29.2. The lowest BCUT2D eigenvalue weighted by Gasteiger charge is -2.46. The molecule has 0 aromatic heterocycles. The second kappa shape index (κ2) is 8.88. The number of thioether (sulfide) groups is 1. The first-order valence-corrected chi connectivity index (χ1v) is 11.8. The molecule has 2 fully saturated rings. The van der Waals surface area contributed by atoms with Gasteiger partial charge in [-0.15, -0.1) is 11.8 Å². The molecule has 0 radical (unpaired) electrons. The van der Waals surface area contributed by atoms with E-state index >= 15 is 0 Å². The minimum Gasteiger partial charge on any atom is -0.478 e. The first-order chi connectivity index (χ1) is 15.2. The highest BCUT2D eigenvalue weighted by Gasteiger charge is 2.60. The molecule has 172 valence electrons. The van der Waals surface area contributed by atoms with Gasteiger partial charge >= 0.3 is 11.9 Å². The van der Waals surface area contributed by atoms with Crippen LogP contribution in [0, 0.1) is 11.8 Å². The number of piperidine rings is 1. The number of β-lactam (4-membered cyclic amide) rings is 1. The van der Waals surface area contributed by atoms with Gasteiger partial charge in [-0.3, -0.25) is 9.69 Å². The molecule has 3 aliphatic heterocycles. The van der Waals surface area contributed by atoms with Gasteiger partial charge in [0.05, 0.1) is 23.6 Å². The number of benzene rings is 1. The van der Waals surface area contributed by atoms with E-state index in [1.807, 2.05) is 13.0 Å². The maximum atomic E-state index is 12.5. The van der Waals surface area contributed by atoms with Gasteiger partial charge < -0.3 is 20.2 Å². The second-order valence-electron chi connectivity index (χ2n) is 8.89. The molecule has 2 unspecified atom stereocenters. The Labute approximate surface area is 190 Å². The third-order valence-corrected chi connectivity index (χ3v) is 8.18. The van der Waals surface area contributed by atoms with E-state index in [1.165, 1.54) is 4.90 Å². The van der Waals surface area contributed by atoms with Crippen LogP contribution < -0.4 is 0 Å². The Morgan fingerprint density at radius 1 is 1.25 bits per heavy atom. The lowest BCUT2D eigenvalue weighted by Crippen LogP contribution is -2.63. The third-order valence-electron chi connectivity index (χ3n) is 6.65. The average molecular weight is 461 g/mol. The van der Waals surface area contributed by atoms with Crippen molar-refractivity contribution >= 4 is 29.6 Å². The number of fused-ring (bicyclic) bond motifs is 1. The number of carboxylic acids is 2. The number of carbonyl (C=O) groups is 3. The van der Waals surface area contributed by atoms with E-state index in [0.717, 1.165) is 36.4 Å². The van der Waals surface area contributed by atoms with Crippen LogP contribution in [-0.2, 0) is 16.1 Å². The predicted octanol–water partition coefficient (Wildman–Crippen LogP) is 2.24. The van der Waals surface area contributed by atoms with Gasteiger partial charge in [-0.2, -0.15) is 0 Å². The summed E-state index contributed by atoms with van der Waals surface area (Å²) in [5.41, 5.74) is 1.27. The summed E-state index contributed by atoms with van der Waals surface area (Å²) in [6.07, 6.45) is 1.10. The Hall–Kier alpha value is -2.36. The zero-order chi connectivity index (χ0) is 23.2. The number of amides is 1. The number of carboxylic acid groups (broad SMARTS) is 2. The molecule has 0 saturated carbocycles. The van der Waals surface area contributed by atoms with E-state index in [4.69, 9.17) is 0 Å². The summed E-state index contributed by atoms with van der Waals surface area (Å²) in [5.74, 6) is -3.05. The molecule has 3 N–H and O–H groups in total. The van der Waals surface area contributed by atoms with Crippen LogP contribution in [0.25, 0.3) is 0 Å². The molecule has 3 heterocycles. The molecule has 8 nitrogen and oxygen atoms in total. The number of aliphatic hydroxyl groups excluding tert-OH is 1. The second-order valence-corrected chi connectivity index (χ2v) is 10.2. The van der Waals surface area contributed by atoms with Crippen molar-refractivity contribution in [3.63, 3.8) is 0 Å². The normalized spacial score (nSPS) is 29.0. The molecule has 0 aliphatic carbocycles. The van der Waals surface area contributed by atoms with Crippen LogP contribution in [-0.4, -0.2) is 73.5 Å². The van der Waals surface area contributed by atoms with E-state index in [2.05, 4.69) is 4.90 Å². The van der Waals surface area contributed by atoms with Crippen molar-refractivity contribution in [2.24, 2.45) is 11.8 Å². The van der Waals surface area contributed by atoms with Crippen molar-refractivity contribution in [2.75, 3.05) is 13.1 Å². The quantitative estimate of drug-likeness (QED) is 0.530. The summed E-state index contributed by atoms with van der Waals surface area (Å²) in [6.45, 7) is 5.80. The van der Waals surface area contributed by atoms with Gasteiger partial charge in [0.15, 0.2) is 0 Å². The minimum atomic E-state index is -1.10. The lowest BCUT2D eigenvalue weighted by molar-refractivity contribution is -0.163. The van der Waals surface area contributed by atoms with Gasteiger partial charge in [0, 0.05) is 29.2 Å². The van der Waals surface area contributed by atoms with Crippen molar-refractivity contribution in [2.45, 2.75) is 50.6 Å². The van der Waals surface area contributed by atoms with E-state index in [0.29, 0.717) is 6.54 Å². The Morgan fingerprint density at radius 2 is 2.00 bits per heavy atom. The Bertz CT molecular complexity index is 977. The van der Waals surface area contributed by atoms with Crippen LogP contribution in [0.2, 0.25) is 0 Å². The zero-order valence-electron chi connectivity index (χ0n) is 18.1. The van der Waals surface area contributed by atoms with Crippen molar-refractivity contribution in [3.8, 4) is 0 Å². The van der Waals surface area contributed by atoms with Crippen LogP contribution in [0.4, 0.5) is 0 Å². The number of aliphatic hydroxyl groups is 1. The zero-order valence-corrected chi connectivity index (χ0v) is 18.9. The number of rotatable bonds is 7. The van der Waals surface area contributed by atoms with Gasteiger partial charge in [0.25, 0.3) is 0 Å². The van der Waals surface area contributed by atoms with E-state index in [9.17, 15) is 29.7 Å². The molecule has 32 heavy (non-hydrogen) atoms. The summed E-state index contributed by atoms with van der Waals surface area (Å²) in [6, 6.07) is 6.64. The van der Waals surface area contributed by atoms with E-state index < -0.39 is 24.0 Å². The first-order valence-electron chi connectivity index (χ1n) is 10.9. The number of nitrogens with zero attached hydrogens (tertiary/aromatic N) is 2. The molecule has 5 atom stereocenters. The average Bonchev–Trinajstić information content (AvgIpc) is 2.97. The summed E-state index contributed by atoms with van der Waals surface area (Å²) < 4.78 is 0. The molecular weight excluding hydrogens is 432 g/mol. The molecule has 1 aromatic rings. The number of hydrogen-bond donors (Lipinski definition) is 3. The van der Waals surface area contributed by atoms with Crippen molar-refractivity contribution in [3.05, 3.63) is 46.0 Å². The predicted molar refractivity (Wildman–Crippen MR) is 119 cm³/mol. The largest absolute Gasteiger partial charge is 0.478 e. The fraction of sp³-hybridized carbons (Fsp3) is 0.522. The molecule has 1 amide bonds. The van der Waals surface area contributed by atoms with Crippen LogP contribution in [0.5, 0.6) is 0 Å². The molecular formula is C23H28N2O6S. The van der Waals surface area contributed by atoms with Crippen LogP contribution in [0.15, 0.2) is 34.9 Å². The topological polar surface area (TPSA) is 118 Å². The standard InChI is InChI=1S/C23H28N2O6S/c1-12-18-17(13(2)26)21(27)25(18)19(23(30)31)20(12)32-16-7-4-8-24(11-16)10-14-5-3-6-15(9-14)22(28)29/h3,5-6,9,12-13,16-18,26H,4,7-8,10-11H2,1-2H3,(H,28,29)(H,30,31)/t12-,13-,16?,17-,18?/m1/s1. The molecule has 2 saturated heterocycles. The molecule has 3 aliphatic rings. The number of aromatic carboxylic acids is 1. The van der Waals surface area contributed by atoms with Crippen molar-refractivity contribution in [1.29, 1.82) is 0 Å². The highest BCUT2D eigenvalue weighted by Crippen LogP contribution is 2.51. The van der Waals surface area contributed by atoms with Gasteiger partial charge in [-0.05, 0) is 44.0 Å². The van der Waals surface area contributed by atoms with Gasteiger partial charge in [0.1, 0.15) is 5.70 Å². The maximum absolute atomic E-state index is 12.5. The Kier molecular flexibility index (Phi) is 6.33. The first kappa shape index (κ1) is 22.8. The monoisotopic (exact) mass is 460 g/mol. The van der Waals surface area contributed by atoms with Crippen LogP contribution in [0.3, 0.4) is 0 Å². The molecule has 9 heteroatoms. The molecule has 4 rings (SSSR count). The van der Waals surface area contributed by atoms with Gasteiger partial charge in [-0.1, -0.05) is 19.1 Å². The van der Waals surface area contributed by atoms with Crippen LogP contribution in [0.1, 0.15) is 42.6 Å². The summed E-state index contributed by atoms with van der Waals surface area (Å²) in [7, 11) is 0. The maximum Gasteiger partial charge on any atom is 0.353 e. The van der Waals surface area contributed by atoms with E-state index in [1.54, 1.807) is 36.9 Å². The Morgan fingerprint density at radius 3 is 2.66 bits per heavy atom. The highest BCUT2D eigenvalue weighted by atomic mass is 32.2. The molecule has 1 aromatic carbocycles. The summed E-state index contributed by atoms with van der Waals surface area (Å²) >= 11 is 1.55. The van der Waals surface area contributed by atoms with Crippen molar-refractivity contribution < 1.29 is 29.7 Å². The highest BCUT2D eigenvalue weighted by molar-refractivity contribution is 8.03. The van der Waals surface area contributed by atoms with Crippen LogP contribution >= 0.6 is 11.8 Å². The lowest BCUT2D eigenvalue weighted by atomic mass is 9.79. The van der Waals surface area contributed by atoms with Crippen molar-refractivity contribution in [1.82, 2.24) is 9.80 Å². The number of likely N-dealkylation sites (tertiary alicyclic amines) is 1. The van der Waals surface area contributed by atoms with E-state index in [-0.39, 0.29) is 34.4 Å². The minimum absolute atomic E-state index is 0.0701. The molecule has 0 bridgehead atoms.